The third-order valence-electron chi connectivity index (χ3n) is 3.39. The third kappa shape index (κ3) is 2.56. The fourth-order valence-electron chi connectivity index (χ4n) is 2.61. The molecule has 2 rings (SSSR count). The van der Waals surface area contributed by atoms with E-state index < -0.39 is 0 Å². The van der Waals surface area contributed by atoms with Gasteiger partial charge in [0.15, 0.2) is 0 Å². The van der Waals surface area contributed by atoms with E-state index >= 15 is 0 Å². The van der Waals surface area contributed by atoms with Gasteiger partial charge in [-0.05, 0) is 24.7 Å². The molecule has 3 atom stereocenters. The van der Waals surface area contributed by atoms with Crippen molar-refractivity contribution in [1.29, 1.82) is 0 Å². The quantitative estimate of drug-likeness (QED) is 0.614. The lowest BCUT2D eigenvalue weighted by atomic mass is 9.78. The number of nitrogens with two attached hydrogens (primary N) is 1. The highest BCUT2D eigenvalue weighted by molar-refractivity contribution is 7.09. The van der Waals surface area contributed by atoms with Gasteiger partial charge in [0.2, 0.25) is 0 Å². The van der Waals surface area contributed by atoms with Gasteiger partial charge in [-0.2, -0.15) is 0 Å². The molecule has 0 bridgehead atoms. The zero-order valence-corrected chi connectivity index (χ0v) is 9.96. The van der Waals surface area contributed by atoms with Gasteiger partial charge >= 0.3 is 0 Å². The van der Waals surface area contributed by atoms with E-state index in [4.69, 9.17) is 5.84 Å². The van der Waals surface area contributed by atoms with Gasteiger partial charge < -0.3 is 0 Å². The van der Waals surface area contributed by atoms with Crippen LogP contribution in [0.2, 0.25) is 0 Å². The van der Waals surface area contributed by atoms with Crippen molar-refractivity contribution in [3.63, 3.8) is 0 Å². The summed E-state index contributed by atoms with van der Waals surface area (Å²) >= 11 is 1.70. The highest BCUT2D eigenvalue weighted by Gasteiger charge is 2.27. The van der Waals surface area contributed by atoms with E-state index in [1.807, 2.05) is 11.7 Å². The lowest BCUT2D eigenvalue weighted by molar-refractivity contribution is 0.226. The average Bonchev–Trinajstić information content (AvgIpc) is 2.72. The molecule has 1 fully saturated rings. The first-order valence-corrected chi connectivity index (χ1v) is 6.53. The molecule has 0 spiro atoms. The summed E-state index contributed by atoms with van der Waals surface area (Å²) in [4.78, 5) is 5.40. The minimum atomic E-state index is 0.306. The number of nitrogens with zero attached hydrogens (tertiary/aromatic N) is 1. The second kappa shape index (κ2) is 5.05. The summed E-state index contributed by atoms with van der Waals surface area (Å²) in [5.41, 5.74) is 4.85. The van der Waals surface area contributed by atoms with Crippen LogP contribution in [0.3, 0.4) is 0 Å². The maximum atomic E-state index is 5.67. The topological polar surface area (TPSA) is 50.9 Å². The molecule has 3 unspecified atom stereocenters. The van der Waals surface area contributed by atoms with E-state index in [1.165, 1.54) is 30.6 Å². The molecule has 0 aliphatic heterocycles. The Balaban J connectivity index is 2.06. The van der Waals surface area contributed by atoms with Crippen LogP contribution in [0, 0.1) is 11.8 Å². The molecule has 1 heterocycles. The number of hydrazine groups is 1. The number of hydrogen-bond donors (Lipinski definition) is 2. The van der Waals surface area contributed by atoms with Gasteiger partial charge in [-0.1, -0.05) is 19.8 Å². The summed E-state index contributed by atoms with van der Waals surface area (Å²) in [6.07, 6.45) is 7.22. The van der Waals surface area contributed by atoms with Crippen molar-refractivity contribution in [2.75, 3.05) is 0 Å². The normalized spacial score (nSPS) is 28.9. The van der Waals surface area contributed by atoms with Crippen LogP contribution in [0.4, 0.5) is 0 Å². The van der Waals surface area contributed by atoms with Crippen molar-refractivity contribution >= 4 is 11.3 Å². The Hall–Kier alpha value is -0.450. The van der Waals surface area contributed by atoms with Crippen molar-refractivity contribution in [1.82, 2.24) is 10.4 Å². The predicted octanol–water partition coefficient (Wildman–Crippen LogP) is 2.47. The number of nitrogens with one attached hydrogen (secondary N) is 1. The first kappa shape index (κ1) is 11.0. The number of rotatable bonds is 3. The van der Waals surface area contributed by atoms with Crippen molar-refractivity contribution in [2.45, 2.75) is 38.6 Å². The number of hydrogen-bond acceptors (Lipinski definition) is 4. The summed E-state index contributed by atoms with van der Waals surface area (Å²) in [5, 5.41) is 0. The molecule has 1 aliphatic carbocycles. The molecule has 0 amide bonds. The maximum Gasteiger partial charge on any atom is 0.0794 e. The Kier molecular flexibility index (Phi) is 3.72. The molecule has 0 radical (unpaired) electrons. The van der Waals surface area contributed by atoms with Crippen LogP contribution in [-0.4, -0.2) is 4.98 Å². The Morgan fingerprint density at radius 2 is 2.47 bits per heavy atom. The standard InChI is InChI=1S/C11H19N3S/c1-8-3-2-4-9(5-8)11(14-12)10-6-13-7-15-10/h6-9,11,14H,2-5,12H2,1H3. The Labute approximate surface area is 95.1 Å². The molecular formula is C11H19N3S. The van der Waals surface area contributed by atoms with E-state index in [0.717, 1.165) is 5.92 Å². The van der Waals surface area contributed by atoms with Crippen LogP contribution in [0.5, 0.6) is 0 Å². The SMILES string of the molecule is CC1CCCC(C(NN)c2cncs2)C1. The van der Waals surface area contributed by atoms with Crippen molar-refractivity contribution in [3.05, 3.63) is 16.6 Å². The van der Waals surface area contributed by atoms with Gasteiger partial charge in [0.05, 0.1) is 11.6 Å². The fraction of sp³-hybridized carbons (Fsp3) is 0.727. The predicted molar refractivity (Wildman–Crippen MR) is 63.3 cm³/mol. The molecule has 0 saturated heterocycles. The van der Waals surface area contributed by atoms with Crippen LogP contribution in [-0.2, 0) is 0 Å². The number of thiazole rings is 1. The van der Waals surface area contributed by atoms with E-state index in [2.05, 4.69) is 17.3 Å². The highest BCUT2D eigenvalue weighted by Crippen LogP contribution is 2.37. The van der Waals surface area contributed by atoms with Gasteiger partial charge in [-0.25, -0.2) is 0 Å². The van der Waals surface area contributed by atoms with Crippen LogP contribution < -0.4 is 11.3 Å². The molecule has 3 N–H and O–H groups in total. The van der Waals surface area contributed by atoms with Crippen LogP contribution in [0.15, 0.2) is 11.7 Å². The Morgan fingerprint density at radius 3 is 3.07 bits per heavy atom. The summed E-state index contributed by atoms with van der Waals surface area (Å²) in [6, 6.07) is 0.306. The van der Waals surface area contributed by atoms with Gasteiger partial charge in [0, 0.05) is 11.1 Å². The van der Waals surface area contributed by atoms with Gasteiger partial charge in [0.25, 0.3) is 0 Å². The average molecular weight is 225 g/mol. The Morgan fingerprint density at radius 1 is 1.60 bits per heavy atom. The summed E-state index contributed by atoms with van der Waals surface area (Å²) in [6.45, 7) is 2.34. The Bertz CT molecular complexity index is 286. The smallest absolute Gasteiger partial charge is 0.0794 e. The first-order chi connectivity index (χ1) is 7.31. The van der Waals surface area contributed by atoms with E-state index in [1.54, 1.807) is 11.3 Å². The minimum Gasteiger partial charge on any atom is -0.271 e. The maximum absolute atomic E-state index is 5.67. The van der Waals surface area contributed by atoms with E-state index in [0.29, 0.717) is 12.0 Å². The van der Waals surface area contributed by atoms with Crippen LogP contribution in [0.25, 0.3) is 0 Å². The molecule has 1 aromatic rings. The highest BCUT2D eigenvalue weighted by atomic mass is 32.1. The third-order valence-corrected chi connectivity index (χ3v) is 4.24. The largest absolute Gasteiger partial charge is 0.271 e. The molecule has 84 valence electrons. The van der Waals surface area contributed by atoms with Crippen molar-refractivity contribution in [3.8, 4) is 0 Å². The lowest BCUT2D eigenvalue weighted by Gasteiger charge is -2.32. The van der Waals surface area contributed by atoms with Crippen molar-refractivity contribution in [2.24, 2.45) is 17.7 Å². The van der Waals surface area contributed by atoms with Gasteiger partial charge in [-0.3, -0.25) is 16.3 Å². The number of aromatic nitrogens is 1. The summed E-state index contributed by atoms with van der Waals surface area (Å²) < 4.78 is 0. The lowest BCUT2D eigenvalue weighted by Crippen LogP contribution is -2.35. The molecule has 3 nitrogen and oxygen atoms in total. The zero-order chi connectivity index (χ0) is 10.7. The first-order valence-electron chi connectivity index (χ1n) is 5.65. The molecule has 1 aromatic heterocycles. The van der Waals surface area contributed by atoms with Crippen LogP contribution in [0.1, 0.15) is 43.5 Å². The zero-order valence-electron chi connectivity index (χ0n) is 9.15. The molecular weight excluding hydrogens is 206 g/mol. The summed E-state index contributed by atoms with van der Waals surface area (Å²) in [5.74, 6) is 7.19. The van der Waals surface area contributed by atoms with Gasteiger partial charge in [0.1, 0.15) is 0 Å². The molecule has 1 aliphatic rings. The second-order valence-electron chi connectivity index (χ2n) is 4.58. The molecule has 1 saturated carbocycles. The monoisotopic (exact) mass is 225 g/mol. The second-order valence-corrected chi connectivity index (χ2v) is 5.50. The summed E-state index contributed by atoms with van der Waals surface area (Å²) in [7, 11) is 0. The van der Waals surface area contributed by atoms with Crippen LogP contribution >= 0.6 is 11.3 Å². The van der Waals surface area contributed by atoms with Gasteiger partial charge in [-0.15, -0.1) is 11.3 Å². The molecule has 15 heavy (non-hydrogen) atoms. The van der Waals surface area contributed by atoms with E-state index in [9.17, 15) is 0 Å². The fourth-order valence-corrected chi connectivity index (χ4v) is 3.39. The van der Waals surface area contributed by atoms with Crippen molar-refractivity contribution < 1.29 is 0 Å². The molecule has 0 aromatic carbocycles. The molecule has 4 heteroatoms. The minimum absolute atomic E-state index is 0.306. The van der Waals surface area contributed by atoms with E-state index in [-0.39, 0.29) is 0 Å².